The number of aromatic nitrogens is 5. The van der Waals surface area contributed by atoms with Crippen LogP contribution in [0.3, 0.4) is 0 Å². The molecule has 5 aromatic heterocycles. The van der Waals surface area contributed by atoms with Gasteiger partial charge in [0, 0.05) is 158 Å². The lowest BCUT2D eigenvalue weighted by atomic mass is 9.89. The molecule has 15 rings (SSSR count). The maximum atomic E-state index is 13.3. The van der Waals surface area contributed by atoms with Crippen LogP contribution >= 0.6 is 0 Å². The average molecular weight is 1240 g/mol. The molecule has 9 heterocycles. The van der Waals surface area contributed by atoms with E-state index in [9.17, 15) is 30.0 Å². The van der Waals surface area contributed by atoms with Crippen molar-refractivity contribution in [2.75, 3.05) is 86.4 Å². The molecule has 19 heteroatoms. The molecule has 4 aliphatic rings. The molecule has 6 aromatic carbocycles. The predicted octanol–water partition coefficient (Wildman–Crippen LogP) is 14.3. The lowest BCUT2D eigenvalue weighted by molar-refractivity contribution is 0.320. The summed E-state index contributed by atoms with van der Waals surface area (Å²) >= 11 is 0. The van der Waals surface area contributed by atoms with Crippen LogP contribution in [0.5, 0.6) is 0 Å². The molecule has 4 N–H and O–H groups in total. The Labute approximate surface area is 518 Å². The smallest absolute Gasteiger partial charge is 0.243 e. The third kappa shape index (κ3) is 14.1. The fraction of sp³-hybridized carbons (Fsp3) is 0.300. The van der Waals surface area contributed by atoms with Crippen LogP contribution in [-0.2, 0) is 20.0 Å². The number of aromatic amines is 4. The lowest BCUT2D eigenvalue weighted by Gasteiger charge is -2.33. The topological polar surface area (TPSA) is 161 Å². The molecule has 0 saturated carbocycles. The zero-order chi connectivity index (χ0) is 61.5. The second kappa shape index (κ2) is 27.2. The summed E-state index contributed by atoms with van der Waals surface area (Å²) in [6.45, 7) is 8.00. The molecule has 89 heavy (non-hydrogen) atoms. The molecule has 11 aromatic rings. The Morgan fingerprint density at radius 3 is 1.34 bits per heavy atom. The van der Waals surface area contributed by atoms with E-state index in [2.05, 4.69) is 107 Å². The highest BCUT2D eigenvalue weighted by atomic mass is 32.2. The summed E-state index contributed by atoms with van der Waals surface area (Å²) in [5, 5.41) is 4.54. The summed E-state index contributed by atoms with van der Waals surface area (Å²) in [6.07, 6.45) is 19.9. The summed E-state index contributed by atoms with van der Waals surface area (Å²) in [4.78, 5) is 24.4. The Bertz CT molecular complexity index is 4230. The van der Waals surface area contributed by atoms with Gasteiger partial charge in [-0.05, 0) is 176 Å². The van der Waals surface area contributed by atoms with Crippen LogP contribution in [0.2, 0.25) is 0 Å². The maximum absolute atomic E-state index is 13.3. The number of sulfonamides is 2. The number of fused-ring (bicyclic) bond motifs is 4. The van der Waals surface area contributed by atoms with Gasteiger partial charge in [-0.15, -0.1) is 0 Å². The molecule has 0 radical (unpaired) electrons. The Hall–Kier alpha value is -8.36. The Morgan fingerprint density at radius 2 is 0.843 bits per heavy atom. The quantitative estimate of drug-likeness (QED) is 0.111. The Balaban J connectivity index is 0.000000116. The number of benzene rings is 6. The van der Waals surface area contributed by atoms with Crippen molar-refractivity contribution in [1.29, 1.82) is 0 Å². The monoisotopic (exact) mass is 1240 g/mol. The number of nitrogens with one attached hydrogen (secondary N) is 4. The maximum Gasteiger partial charge on any atom is 0.243 e. The predicted molar refractivity (Wildman–Crippen MR) is 353 cm³/mol. The lowest BCUT2D eigenvalue weighted by Crippen LogP contribution is -2.37. The SMILES string of the molecule is CS(=O)(=O)N1CCCN(c2c[nH]c3ccccc23)CC1.Fc1ccc2c(C3CCN(c4ccccc4)CC3)c[nH]c2c1.Fc1ccc2c(C3CCN(c4ccncc4)CC3)c[nH]c2c1.O=S(=O)(c1ccccc1)N1CCC(c2c[nH]c3cc(F)ccc23)CC1. The molecule has 14 nitrogen and oxygen atoms in total. The van der Waals surface area contributed by atoms with Gasteiger partial charge >= 0.3 is 0 Å². The van der Waals surface area contributed by atoms with Gasteiger partial charge in [0.25, 0.3) is 0 Å². The Morgan fingerprint density at radius 1 is 0.404 bits per heavy atom. The van der Waals surface area contributed by atoms with Crippen molar-refractivity contribution in [2.45, 2.75) is 67.6 Å². The largest absolute Gasteiger partial charge is 0.371 e. The summed E-state index contributed by atoms with van der Waals surface area (Å²) in [6, 6.07) is 46.3. The molecule has 0 atom stereocenters. The number of H-pyrrole nitrogens is 4. The van der Waals surface area contributed by atoms with Crippen molar-refractivity contribution in [3.05, 3.63) is 223 Å². The highest BCUT2D eigenvalue weighted by molar-refractivity contribution is 7.89. The van der Waals surface area contributed by atoms with Gasteiger partial charge < -0.3 is 34.6 Å². The van der Waals surface area contributed by atoms with Gasteiger partial charge in [0.05, 0.1) is 16.8 Å². The van der Waals surface area contributed by atoms with E-state index in [1.165, 1.54) is 51.7 Å². The number of hydrogen-bond acceptors (Lipinski definition) is 8. The highest BCUT2D eigenvalue weighted by Gasteiger charge is 2.31. The minimum atomic E-state index is -3.43. The van der Waals surface area contributed by atoms with E-state index in [4.69, 9.17) is 0 Å². The number of nitrogens with zero attached hydrogens (tertiary/aromatic N) is 6. The van der Waals surface area contributed by atoms with Crippen LogP contribution < -0.4 is 14.7 Å². The summed E-state index contributed by atoms with van der Waals surface area (Å²) in [5.41, 5.74) is 11.2. The van der Waals surface area contributed by atoms with Crippen LogP contribution in [0.15, 0.2) is 194 Å². The average Bonchev–Trinajstić information content (AvgIpc) is 2.46. The second-order valence-electron chi connectivity index (χ2n) is 23.6. The van der Waals surface area contributed by atoms with E-state index in [0.29, 0.717) is 42.9 Å². The van der Waals surface area contributed by atoms with Gasteiger partial charge in [-0.25, -0.2) is 34.3 Å². The van der Waals surface area contributed by atoms with E-state index in [1.807, 2.05) is 55.1 Å². The van der Waals surface area contributed by atoms with Gasteiger partial charge in [-0.2, -0.15) is 4.31 Å². The van der Waals surface area contributed by atoms with E-state index in [0.717, 1.165) is 128 Å². The van der Waals surface area contributed by atoms with Crippen molar-refractivity contribution in [3.8, 4) is 0 Å². The van der Waals surface area contributed by atoms with Crippen LogP contribution in [0.25, 0.3) is 43.6 Å². The number of pyridine rings is 1. The van der Waals surface area contributed by atoms with Gasteiger partial charge in [0.1, 0.15) is 17.5 Å². The molecular weight excluding hydrogens is 1170 g/mol. The first-order valence-corrected chi connectivity index (χ1v) is 34.1. The molecule has 0 aliphatic carbocycles. The van der Waals surface area contributed by atoms with Crippen LogP contribution in [0, 0.1) is 17.5 Å². The molecule has 462 valence electrons. The normalized spacial score (nSPS) is 17.0. The van der Waals surface area contributed by atoms with Crippen molar-refractivity contribution >= 4 is 80.7 Å². The van der Waals surface area contributed by atoms with Crippen LogP contribution in [-0.4, -0.2) is 122 Å². The fourth-order valence-electron chi connectivity index (χ4n) is 13.4. The van der Waals surface area contributed by atoms with E-state index >= 15 is 0 Å². The molecule has 0 unspecified atom stereocenters. The highest BCUT2D eigenvalue weighted by Crippen LogP contribution is 2.38. The summed E-state index contributed by atoms with van der Waals surface area (Å²) in [7, 11) is -6.51. The van der Waals surface area contributed by atoms with Crippen LogP contribution in [0.4, 0.5) is 30.2 Å². The van der Waals surface area contributed by atoms with Gasteiger partial charge in [-0.1, -0.05) is 54.6 Å². The van der Waals surface area contributed by atoms with Gasteiger partial charge in [-0.3, -0.25) is 4.98 Å². The number of para-hydroxylation sites is 2. The fourth-order valence-corrected chi connectivity index (χ4v) is 15.8. The van der Waals surface area contributed by atoms with Crippen molar-refractivity contribution in [1.82, 2.24) is 33.5 Å². The third-order valence-corrected chi connectivity index (χ3v) is 21.4. The molecular formula is C70H75F3N10O4S2. The number of hydrogen-bond donors (Lipinski definition) is 4. The van der Waals surface area contributed by atoms with E-state index < -0.39 is 20.0 Å². The minimum Gasteiger partial charge on any atom is -0.371 e. The van der Waals surface area contributed by atoms with E-state index in [-0.39, 0.29) is 23.4 Å². The van der Waals surface area contributed by atoms with Crippen LogP contribution in [0.1, 0.15) is 79.4 Å². The van der Waals surface area contributed by atoms with Gasteiger partial charge in [0.15, 0.2) is 0 Å². The first kappa shape index (κ1) is 60.9. The number of anilines is 3. The molecule has 0 amide bonds. The zero-order valence-corrected chi connectivity index (χ0v) is 51.6. The number of piperidine rings is 3. The van der Waals surface area contributed by atoms with Crippen molar-refractivity contribution in [2.24, 2.45) is 0 Å². The van der Waals surface area contributed by atoms with Crippen molar-refractivity contribution in [3.63, 3.8) is 0 Å². The molecule has 0 spiro atoms. The number of halogens is 3. The van der Waals surface area contributed by atoms with E-state index in [1.54, 1.807) is 63.2 Å². The molecule has 4 fully saturated rings. The third-order valence-electron chi connectivity index (χ3n) is 18.2. The Kier molecular flexibility index (Phi) is 18.6. The van der Waals surface area contributed by atoms with Crippen molar-refractivity contribution < 1.29 is 30.0 Å². The first-order valence-electron chi connectivity index (χ1n) is 30.8. The second-order valence-corrected chi connectivity index (χ2v) is 27.5. The minimum absolute atomic E-state index is 0.181. The molecule has 4 saturated heterocycles. The standard InChI is InChI=1S/C19H19FN2O2S.C19H19FN2.C18H18FN3.C14H19N3O2S/c20-15-6-7-17-18(13-21-19(17)12-15)14-8-10-22(11-9-14)25(23,24)16-4-2-1-3-5-16;20-15-6-7-17-18(13-21-19(17)12-15)14-8-10-22(11-9-14)16-4-2-1-3-5-16;19-14-1-2-16-17(12-21-18(16)11-14)13-5-9-22(10-6-13)15-3-7-20-8-4-15;1-20(18,19)17-8-4-7-16(9-10-17)14-11-15-13-6-3-2-5-12(13)14/h1-7,12-14,21H,8-11H2;1-7,12-14,21H,8-11H2;1-4,7-8,11-13,21H,5-6,9-10H2;2-3,5-6,11,15H,4,7-10H2,1H3. The first-order chi connectivity index (χ1) is 43.2. The summed E-state index contributed by atoms with van der Waals surface area (Å²) < 4.78 is 91.8. The van der Waals surface area contributed by atoms with Gasteiger partial charge in [0.2, 0.25) is 20.0 Å². The number of rotatable bonds is 9. The molecule has 4 aliphatic heterocycles. The zero-order valence-electron chi connectivity index (χ0n) is 49.9. The summed E-state index contributed by atoms with van der Waals surface area (Å²) in [5.74, 6) is 0.746. The molecule has 0 bridgehead atoms.